The Bertz CT molecular complexity index is 758. The summed E-state index contributed by atoms with van der Waals surface area (Å²) in [4.78, 5) is 4.48. The SMILES string of the molecule is Cn1ccnc1C(O)C1CCCN(S(=O)(=O)c2ccccc2)C1. The van der Waals surface area contributed by atoms with Crippen molar-refractivity contribution < 1.29 is 13.5 Å². The number of hydrogen-bond acceptors (Lipinski definition) is 4. The molecule has 23 heavy (non-hydrogen) atoms. The molecule has 1 aliphatic heterocycles. The number of benzene rings is 1. The highest BCUT2D eigenvalue weighted by Crippen LogP contribution is 2.31. The summed E-state index contributed by atoms with van der Waals surface area (Å²) in [6.07, 6.45) is 4.18. The molecule has 1 aliphatic rings. The maximum absolute atomic E-state index is 12.7. The van der Waals surface area contributed by atoms with Crippen molar-refractivity contribution in [3.8, 4) is 0 Å². The van der Waals surface area contributed by atoms with E-state index in [0.29, 0.717) is 23.8 Å². The Morgan fingerprint density at radius 2 is 2.04 bits per heavy atom. The molecule has 7 heteroatoms. The second kappa shape index (κ2) is 6.43. The zero-order chi connectivity index (χ0) is 16.4. The Morgan fingerprint density at radius 3 is 2.70 bits per heavy atom. The fourth-order valence-corrected chi connectivity index (χ4v) is 4.62. The maximum atomic E-state index is 12.7. The summed E-state index contributed by atoms with van der Waals surface area (Å²) in [5.74, 6) is 0.428. The molecule has 2 heterocycles. The first-order chi connectivity index (χ1) is 11.0. The topological polar surface area (TPSA) is 75.4 Å². The molecular weight excluding hydrogens is 314 g/mol. The van der Waals surface area contributed by atoms with E-state index in [-0.39, 0.29) is 5.92 Å². The molecule has 2 unspecified atom stereocenters. The predicted molar refractivity (Wildman–Crippen MR) is 86.1 cm³/mol. The van der Waals surface area contributed by atoms with Crippen LogP contribution in [-0.2, 0) is 17.1 Å². The van der Waals surface area contributed by atoms with Crippen molar-refractivity contribution in [3.63, 3.8) is 0 Å². The highest BCUT2D eigenvalue weighted by molar-refractivity contribution is 7.89. The molecule has 6 nitrogen and oxygen atoms in total. The number of sulfonamides is 1. The van der Waals surface area contributed by atoms with Gasteiger partial charge in [-0.1, -0.05) is 18.2 Å². The molecule has 1 N–H and O–H groups in total. The first kappa shape index (κ1) is 16.2. The predicted octanol–water partition coefficient (Wildman–Crippen LogP) is 1.55. The number of piperidine rings is 1. The van der Waals surface area contributed by atoms with Crippen molar-refractivity contribution in [2.75, 3.05) is 13.1 Å². The summed E-state index contributed by atoms with van der Waals surface area (Å²) in [7, 11) is -1.69. The third-order valence-electron chi connectivity index (χ3n) is 4.37. The highest BCUT2D eigenvalue weighted by Gasteiger charge is 2.34. The van der Waals surface area contributed by atoms with Crippen LogP contribution in [0.5, 0.6) is 0 Å². The van der Waals surface area contributed by atoms with Gasteiger partial charge in [-0.15, -0.1) is 0 Å². The normalized spacial score (nSPS) is 21.2. The molecular formula is C16H21N3O3S. The van der Waals surface area contributed by atoms with E-state index in [1.54, 1.807) is 47.3 Å². The van der Waals surface area contributed by atoms with E-state index in [2.05, 4.69) is 4.98 Å². The van der Waals surface area contributed by atoms with Gasteiger partial charge < -0.3 is 9.67 Å². The molecule has 3 rings (SSSR count). The summed E-state index contributed by atoms with van der Waals surface area (Å²) in [5.41, 5.74) is 0. The van der Waals surface area contributed by atoms with Gasteiger partial charge in [0.2, 0.25) is 10.0 Å². The number of aromatic nitrogens is 2. The number of hydrogen-bond donors (Lipinski definition) is 1. The van der Waals surface area contributed by atoms with Gasteiger partial charge in [-0.3, -0.25) is 0 Å². The van der Waals surface area contributed by atoms with Gasteiger partial charge in [0.25, 0.3) is 0 Å². The molecule has 0 spiro atoms. The minimum Gasteiger partial charge on any atom is -0.385 e. The molecule has 0 bridgehead atoms. The average Bonchev–Trinajstić information content (AvgIpc) is 3.01. The zero-order valence-corrected chi connectivity index (χ0v) is 13.9. The lowest BCUT2D eigenvalue weighted by Crippen LogP contribution is -2.41. The number of aliphatic hydroxyl groups excluding tert-OH is 1. The Morgan fingerprint density at radius 1 is 1.30 bits per heavy atom. The van der Waals surface area contributed by atoms with Crippen LogP contribution in [0, 0.1) is 5.92 Å². The summed E-state index contributed by atoms with van der Waals surface area (Å²) >= 11 is 0. The second-order valence-electron chi connectivity index (χ2n) is 5.92. The van der Waals surface area contributed by atoms with Crippen molar-refractivity contribution >= 4 is 10.0 Å². The van der Waals surface area contributed by atoms with E-state index in [9.17, 15) is 13.5 Å². The fraction of sp³-hybridized carbons (Fsp3) is 0.438. The van der Waals surface area contributed by atoms with E-state index in [1.165, 1.54) is 4.31 Å². The van der Waals surface area contributed by atoms with Crippen molar-refractivity contribution in [1.29, 1.82) is 0 Å². The van der Waals surface area contributed by atoms with Gasteiger partial charge in [0.05, 0.1) is 4.90 Å². The van der Waals surface area contributed by atoms with Gasteiger partial charge in [-0.2, -0.15) is 4.31 Å². The van der Waals surface area contributed by atoms with Crippen LogP contribution in [0.25, 0.3) is 0 Å². The van der Waals surface area contributed by atoms with Crippen molar-refractivity contribution in [2.24, 2.45) is 13.0 Å². The Balaban J connectivity index is 1.80. The molecule has 2 atom stereocenters. The molecule has 1 saturated heterocycles. The van der Waals surface area contributed by atoms with Crippen molar-refractivity contribution in [1.82, 2.24) is 13.9 Å². The lowest BCUT2D eigenvalue weighted by Gasteiger charge is -2.34. The molecule has 0 amide bonds. The summed E-state index contributed by atoms with van der Waals surface area (Å²) in [6, 6.07) is 8.44. The van der Waals surface area contributed by atoms with Crippen molar-refractivity contribution in [3.05, 3.63) is 48.5 Å². The largest absolute Gasteiger partial charge is 0.385 e. The molecule has 2 aromatic rings. The quantitative estimate of drug-likeness (QED) is 0.920. The van der Waals surface area contributed by atoms with Crippen LogP contribution in [0.1, 0.15) is 24.8 Å². The third-order valence-corrected chi connectivity index (χ3v) is 6.25. The molecule has 1 aromatic carbocycles. The number of aliphatic hydroxyl groups is 1. The van der Waals surface area contributed by atoms with Crippen LogP contribution in [0.3, 0.4) is 0 Å². The molecule has 1 aromatic heterocycles. The van der Waals surface area contributed by atoms with Crippen LogP contribution in [0.15, 0.2) is 47.6 Å². The Kier molecular flexibility index (Phi) is 4.52. The third kappa shape index (κ3) is 3.17. The monoisotopic (exact) mass is 335 g/mol. The maximum Gasteiger partial charge on any atom is 0.243 e. The van der Waals surface area contributed by atoms with Crippen LogP contribution in [0.4, 0.5) is 0 Å². The van der Waals surface area contributed by atoms with Gasteiger partial charge in [0.15, 0.2) is 0 Å². The Labute approximate surface area is 136 Å². The van der Waals surface area contributed by atoms with E-state index >= 15 is 0 Å². The van der Waals surface area contributed by atoms with Crippen molar-refractivity contribution in [2.45, 2.75) is 23.8 Å². The molecule has 1 fully saturated rings. The van der Waals surface area contributed by atoms with E-state index < -0.39 is 16.1 Å². The first-order valence-electron chi connectivity index (χ1n) is 7.70. The van der Waals surface area contributed by atoms with Crippen LogP contribution in [-0.4, -0.2) is 40.5 Å². The number of rotatable bonds is 4. The summed E-state index contributed by atoms with van der Waals surface area (Å²) in [5, 5.41) is 10.6. The van der Waals surface area contributed by atoms with E-state index in [1.807, 2.05) is 7.05 Å². The summed E-state index contributed by atoms with van der Waals surface area (Å²) in [6.45, 7) is 0.798. The van der Waals surface area contributed by atoms with E-state index in [0.717, 1.165) is 12.8 Å². The number of aryl methyl sites for hydroxylation is 1. The number of imidazole rings is 1. The highest BCUT2D eigenvalue weighted by atomic mass is 32.2. The summed E-state index contributed by atoms with van der Waals surface area (Å²) < 4.78 is 28.7. The van der Waals surface area contributed by atoms with Gasteiger partial charge in [0, 0.05) is 38.4 Å². The number of nitrogens with zero attached hydrogens (tertiary/aromatic N) is 3. The molecule has 0 saturated carbocycles. The van der Waals surface area contributed by atoms with Gasteiger partial charge in [0.1, 0.15) is 11.9 Å². The second-order valence-corrected chi connectivity index (χ2v) is 7.86. The Hall–Kier alpha value is -1.70. The standard InChI is InChI=1S/C16H21N3O3S/c1-18-11-9-17-16(18)15(20)13-6-5-10-19(12-13)23(21,22)14-7-3-2-4-8-14/h2-4,7-9,11,13,15,20H,5-6,10,12H2,1H3. The average molecular weight is 335 g/mol. The first-order valence-corrected chi connectivity index (χ1v) is 9.14. The minimum absolute atomic E-state index is 0.150. The van der Waals surface area contributed by atoms with Gasteiger partial charge in [-0.05, 0) is 25.0 Å². The minimum atomic E-state index is -3.51. The fourth-order valence-electron chi connectivity index (χ4n) is 3.06. The van der Waals surface area contributed by atoms with E-state index in [4.69, 9.17) is 0 Å². The molecule has 0 aliphatic carbocycles. The lowest BCUT2D eigenvalue weighted by molar-refractivity contribution is 0.0645. The van der Waals surface area contributed by atoms with Crippen LogP contribution in [0.2, 0.25) is 0 Å². The molecule has 124 valence electrons. The van der Waals surface area contributed by atoms with Crippen LogP contribution < -0.4 is 0 Å². The van der Waals surface area contributed by atoms with Gasteiger partial charge in [-0.25, -0.2) is 13.4 Å². The lowest BCUT2D eigenvalue weighted by atomic mass is 9.93. The van der Waals surface area contributed by atoms with Crippen LogP contribution >= 0.6 is 0 Å². The molecule has 0 radical (unpaired) electrons. The smallest absolute Gasteiger partial charge is 0.243 e. The zero-order valence-electron chi connectivity index (χ0n) is 13.0. The van der Waals surface area contributed by atoms with Gasteiger partial charge >= 0.3 is 0 Å².